The fourth-order valence-electron chi connectivity index (χ4n) is 1.84. The summed E-state index contributed by atoms with van der Waals surface area (Å²) in [6.07, 6.45) is 7.99. The van der Waals surface area contributed by atoms with Crippen molar-refractivity contribution < 1.29 is 5.11 Å². The first kappa shape index (κ1) is 8.75. The van der Waals surface area contributed by atoms with Crippen molar-refractivity contribution >= 4 is 0 Å². The van der Waals surface area contributed by atoms with Crippen LogP contribution in [0.4, 0.5) is 0 Å². The SMILES string of the molecule is Cn1ccnc1CCC1CCC1O. The lowest BCUT2D eigenvalue weighted by Gasteiger charge is -2.32. The van der Waals surface area contributed by atoms with Gasteiger partial charge in [0, 0.05) is 25.9 Å². The quantitative estimate of drug-likeness (QED) is 0.757. The summed E-state index contributed by atoms with van der Waals surface area (Å²) in [4.78, 5) is 4.25. The van der Waals surface area contributed by atoms with E-state index < -0.39 is 0 Å². The van der Waals surface area contributed by atoms with E-state index in [-0.39, 0.29) is 6.10 Å². The fraction of sp³-hybridized carbons (Fsp3) is 0.700. The standard InChI is InChI=1S/C10H16N2O/c1-12-7-6-11-10(12)5-3-8-2-4-9(8)13/h6-9,13H,2-5H2,1H3. The van der Waals surface area contributed by atoms with Crippen molar-refractivity contribution in [1.82, 2.24) is 9.55 Å². The highest BCUT2D eigenvalue weighted by Crippen LogP contribution is 2.30. The molecule has 0 saturated heterocycles. The molecule has 13 heavy (non-hydrogen) atoms. The molecular formula is C10H16N2O. The van der Waals surface area contributed by atoms with Crippen LogP contribution in [0.5, 0.6) is 0 Å². The van der Waals surface area contributed by atoms with Crippen LogP contribution in [0.3, 0.4) is 0 Å². The van der Waals surface area contributed by atoms with E-state index >= 15 is 0 Å². The number of aryl methyl sites for hydroxylation is 2. The summed E-state index contributed by atoms with van der Waals surface area (Å²) in [5.41, 5.74) is 0. The summed E-state index contributed by atoms with van der Waals surface area (Å²) in [5, 5.41) is 9.38. The predicted molar refractivity (Wildman–Crippen MR) is 50.3 cm³/mol. The maximum absolute atomic E-state index is 9.38. The monoisotopic (exact) mass is 180 g/mol. The zero-order valence-corrected chi connectivity index (χ0v) is 7.98. The van der Waals surface area contributed by atoms with Crippen LogP contribution in [-0.2, 0) is 13.5 Å². The van der Waals surface area contributed by atoms with Gasteiger partial charge in [-0.25, -0.2) is 4.98 Å². The number of hydrogen-bond acceptors (Lipinski definition) is 2. The molecule has 1 saturated carbocycles. The lowest BCUT2D eigenvalue weighted by atomic mass is 9.79. The van der Waals surface area contributed by atoms with E-state index in [1.807, 2.05) is 24.0 Å². The molecule has 1 aliphatic carbocycles. The van der Waals surface area contributed by atoms with Gasteiger partial charge in [0.05, 0.1) is 6.10 Å². The number of aliphatic hydroxyl groups is 1. The first-order valence-corrected chi connectivity index (χ1v) is 4.91. The second-order valence-corrected chi connectivity index (χ2v) is 3.90. The third-order valence-corrected chi connectivity index (χ3v) is 3.04. The molecule has 0 aliphatic heterocycles. The van der Waals surface area contributed by atoms with E-state index in [1.165, 1.54) is 6.42 Å². The van der Waals surface area contributed by atoms with Gasteiger partial charge >= 0.3 is 0 Å². The van der Waals surface area contributed by atoms with E-state index in [0.29, 0.717) is 5.92 Å². The molecule has 0 bridgehead atoms. The Morgan fingerprint density at radius 1 is 1.62 bits per heavy atom. The summed E-state index contributed by atoms with van der Waals surface area (Å²) < 4.78 is 2.05. The minimum absolute atomic E-state index is 0.0414. The van der Waals surface area contributed by atoms with Gasteiger partial charge in [0.25, 0.3) is 0 Å². The molecule has 1 N–H and O–H groups in total. The first-order chi connectivity index (χ1) is 6.27. The maximum atomic E-state index is 9.38. The zero-order chi connectivity index (χ0) is 9.26. The molecule has 1 heterocycles. The Bertz CT molecular complexity index is 282. The smallest absolute Gasteiger partial charge is 0.108 e. The van der Waals surface area contributed by atoms with Gasteiger partial charge in [0.2, 0.25) is 0 Å². The first-order valence-electron chi connectivity index (χ1n) is 4.91. The number of nitrogens with zero attached hydrogens (tertiary/aromatic N) is 2. The number of aliphatic hydroxyl groups excluding tert-OH is 1. The highest BCUT2D eigenvalue weighted by atomic mass is 16.3. The Morgan fingerprint density at radius 2 is 2.46 bits per heavy atom. The van der Waals surface area contributed by atoms with Crippen LogP contribution in [0.2, 0.25) is 0 Å². The second-order valence-electron chi connectivity index (χ2n) is 3.90. The van der Waals surface area contributed by atoms with Gasteiger partial charge in [0.15, 0.2) is 0 Å². The number of hydrogen-bond donors (Lipinski definition) is 1. The van der Waals surface area contributed by atoms with Gasteiger partial charge < -0.3 is 9.67 Å². The minimum atomic E-state index is -0.0414. The molecule has 72 valence electrons. The summed E-state index contributed by atoms with van der Waals surface area (Å²) in [6.45, 7) is 0. The Kier molecular flexibility index (Phi) is 2.36. The zero-order valence-electron chi connectivity index (χ0n) is 7.98. The third-order valence-electron chi connectivity index (χ3n) is 3.04. The minimum Gasteiger partial charge on any atom is -0.393 e. The van der Waals surface area contributed by atoms with Gasteiger partial charge in [-0.2, -0.15) is 0 Å². The molecule has 3 heteroatoms. The molecule has 1 aromatic rings. The summed E-state index contributed by atoms with van der Waals surface area (Å²) in [5.74, 6) is 1.65. The summed E-state index contributed by atoms with van der Waals surface area (Å²) in [6, 6.07) is 0. The van der Waals surface area contributed by atoms with Gasteiger partial charge in [0.1, 0.15) is 5.82 Å². The van der Waals surface area contributed by atoms with Crippen molar-refractivity contribution in [3.63, 3.8) is 0 Å². The van der Waals surface area contributed by atoms with E-state index in [1.54, 1.807) is 0 Å². The Hall–Kier alpha value is -0.830. The van der Waals surface area contributed by atoms with Gasteiger partial charge in [-0.15, -0.1) is 0 Å². The molecule has 0 radical (unpaired) electrons. The number of aromatic nitrogens is 2. The van der Waals surface area contributed by atoms with Crippen LogP contribution >= 0.6 is 0 Å². The summed E-state index contributed by atoms with van der Waals surface area (Å²) in [7, 11) is 2.01. The van der Waals surface area contributed by atoms with Crippen molar-refractivity contribution in [2.24, 2.45) is 13.0 Å². The molecule has 2 atom stereocenters. The Balaban J connectivity index is 1.83. The van der Waals surface area contributed by atoms with Crippen molar-refractivity contribution in [3.05, 3.63) is 18.2 Å². The number of imidazole rings is 1. The van der Waals surface area contributed by atoms with Crippen molar-refractivity contribution in [1.29, 1.82) is 0 Å². The third kappa shape index (κ3) is 1.75. The second kappa shape index (κ2) is 3.50. The topological polar surface area (TPSA) is 38.0 Å². The van der Waals surface area contributed by atoms with Gasteiger partial charge in [-0.1, -0.05) is 0 Å². The molecule has 2 rings (SSSR count). The average Bonchev–Trinajstić information content (AvgIpc) is 2.50. The van der Waals surface area contributed by atoms with E-state index in [9.17, 15) is 5.11 Å². The number of rotatable bonds is 3. The molecule has 1 aliphatic rings. The molecule has 0 amide bonds. The molecule has 0 spiro atoms. The fourth-order valence-corrected chi connectivity index (χ4v) is 1.84. The van der Waals surface area contributed by atoms with Crippen molar-refractivity contribution in [3.8, 4) is 0 Å². The molecule has 3 nitrogen and oxygen atoms in total. The highest BCUT2D eigenvalue weighted by Gasteiger charge is 2.28. The Morgan fingerprint density at radius 3 is 2.92 bits per heavy atom. The van der Waals surface area contributed by atoms with Crippen LogP contribution < -0.4 is 0 Å². The van der Waals surface area contributed by atoms with Crippen LogP contribution in [0.1, 0.15) is 25.1 Å². The lowest BCUT2D eigenvalue weighted by molar-refractivity contribution is 0.0194. The van der Waals surface area contributed by atoms with E-state index in [4.69, 9.17) is 0 Å². The Labute approximate surface area is 78.4 Å². The van der Waals surface area contributed by atoms with Crippen LogP contribution in [0, 0.1) is 5.92 Å². The van der Waals surface area contributed by atoms with Gasteiger partial charge in [-0.05, 0) is 25.2 Å². The van der Waals surface area contributed by atoms with Crippen molar-refractivity contribution in [2.75, 3.05) is 0 Å². The largest absolute Gasteiger partial charge is 0.393 e. The normalized spacial score (nSPS) is 27.2. The lowest BCUT2D eigenvalue weighted by Crippen LogP contribution is -2.31. The predicted octanol–water partition coefficient (Wildman–Crippen LogP) is 1.12. The van der Waals surface area contributed by atoms with Crippen LogP contribution in [-0.4, -0.2) is 20.8 Å². The molecular weight excluding hydrogens is 164 g/mol. The van der Waals surface area contributed by atoms with Crippen LogP contribution in [0.15, 0.2) is 12.4 Å². The molecule has 1 aromatic heterocycles. The molecule has 1 fully saturated rings. The highest BCUT2D eigenvalue weighted by molar-refractivity contribution is 4.93. The van der Waals surface area contributed by atoms with E-state index in [0.717, 1.165) is 25.1 Å². The molecule has 0 aromatic carbocycles. The maximum Gasteiger partial charge on any atom is 0.108 e. The van der Waals surface area contributed by atoms with Gasteiger partial charge in [-0.3, -0.25) is 0 Å². The summed E-state index contributed by atoms with van der Waals surface area (Å²) >= 11 is 0. The van der Waals surface area contributed by atoms with Crippen molar-refractivity contribution in [2.45, 2.75) is 31.8 Å². The molecule has 2 unspecified atom stereocenters. The average molecular weight is 180 g/mol. The van der Waals surface area contributed by atoms with E-state index in [2.05, 4.69) is 4.98 Å². The van der Waals surface area contributed by atoms with Crippen LogP contribution in [0.25, 0.3) is 0 Å².